The molecule has 0 bridgehead atoms. The zero-order valence-corrected chi connectivity index (χ0v) is 9.70. The first-order valence-corrected chi connectivity index (χ1v) is 5.40. The molecule has 1 rings (SSSR count). The fourth-order valence-corrected chi connectivity index (χ4v) is 1.36. The summed E-state index contributed by atoms with van der Waals surface area (Å²) in [6.07, 6.45) is 0. The first kappa shape index (κ1) is 12.9. The Labute approximate surface area is 95.4 Å². The summed E-state index contributed by atoms with van der Waals surface area (Å²) in [5.74, 6) is 0.320. The second-order valence-corrected chi connectivity index (χ2v) is 3.52. The van der Waals surface area contributed by atoms with E-state index >= 15 is 0 Å². The number of halogens is 1. The molecule has 0 aliphatic carbocycles. The van der Waals surface area contributed by atoms with Crippen molar-refractivity contribution in [1.29, 1.82) is 0 Å². The topological polar surface area (TPSA) is 44.5 Å². The Morgan fingerprint density at radius 2 is 2.12 bits per heavy atom. The molecule has 0 saturated heterocycles. The molecule has 90 valence electrons. The van der Waals surface area contributed by atoms with Gasteiger partial charge in [0.25, 0.3) is 0 Å². The van der Waals surface area contributed by atoms with E-state index in [4.69, 9.17) is 15.2 Å². The molecule has 16 heavy (non-hydrogen) atoms. The first-order valence-electron chi connectivity index (χ1n) is 5.40. The third-order valence-corrected chi connectivity index (χ3v) is 2.15. The minimum Gasteiger partial charge on any atom is -0.491 e. The first-order chi connectivity index (χ1) is 7.65. The lowest BCUT2D eigenvalue weighted by molar-refractivity contribution is 0.109. The number of ether oxygens (including phenoxy) is 2. The summed E-state index contributed by atoms with van der Waals surface area (Å²) in [7, 11) is 0. The lowest BCUT2D eigenvalue weighted by Crippen LogP contribution is -2.11. The van der Waals surface area contributed by atoms with Crippen LogP contribution in [0, 0.1) is 5.82 Å². The lowest BCUT2D eigenvalue weighted by Gasteiger charge is -2.14. The second kappa shape index (κ2) is 6.45. The van der Waals surface area contributed by atoms with Gasteiger partial charge in [0.1, 0.15) is 18.2 Å². The van der Waals surface area contributed by atoms with Crippen molar-refractivity contribution < 1.29 is 13.9 Å². The van der Waals surface area contributed by atoms with Gasteiger partial charge in [-0.05, 0) is 32.0 Å². The summed E-state index contributed by atoms with van der Waals surface area (Å²) in [5, 5.41) is 0. The average molecular weight is 227 g/mol. The van der Waals surface area contributed by atoms with Gasteiger partial charge in [0, 0.05) is 18.2 Å². The van der Waals surface area contributed by atoms with Crippen LogP contribution in [-0.4, -0.2) is 19.8 Å². The van der Waals surface area contributed by atoms with Crippen molar-refractivity contribution in [2.24, 2.45) is 5.73 Å². The van der Waals surface area contributed by atoms with Gasteiger partial charge in [-0.25, -0.2) is 4.39 Å². The van der Waals surface area contributed by atoms with Gasteiger partial charge in [0.05, 0.1) is 6.61 Å². The second-order valence-electron chi connectivity index (χ2n) is 3.52. The molecule has 0 spiro atoms. The zero-order valence-electron chi connectivity index (χ0n) is 9.70. The van der Waals surface area contributed by atoms with Gasteiger partial charge in [-0.1, -0.05) is 0 Å². The molecule has 0 aliphatic rings. The van der Waals surface area contributed by atoms with E-state index in [1.165, 1.54) is 12.1 Å². The van der Waals surface area contributed by atoms with Crippen molar-refractivity contribution in [3.05, 3.63) is 29.6 Å². The Morgan fingerprint density at radius 1 is 1.38 bits per heavy atom. The fraction of sp³-hybridized carbons (Fsp3) is 0.500. The molecule has 4 heteroatoms. The minimum atomic E-state index is -0.301. The number of hydrogen-bond donors (Lipinski definition) is 1. The van der Waals surface area contributed by atoms with Crippen LogP contribution < -0.4 is 10.5 Å². The van der Waals surface area contributed by atoms with E-state index in [-0.39, 0.29) is 11.9 Å². The Hall–Kier alpha value is -1.13. The van der Waals surface area contributed by atoms with Crippen LogP contribution in [0.25, 0.3) is 0 Å². The summed E-state index contributed by atoms with van der Waals surface area (Å²) in [6, 6.07) is 4.11. The standard InChI is InChI=1S/C12H18FNO2/c1-3-15-6-7-16-12-5-4-10(13)8-11(12)9(2)14/h4-5,8-9H,3,6-7,14H2,1-2H3. The molecule has 1 aromatic carbocycles. The van der Waals surface area contributed by atoms with Gasteiger partial charge in [-0.15, -0.1) is 0 Å². The number of rotatable bonds is 6. The maximum absolute atomic E-state index is 13.0. The predicted molar refractivity (Wildman–Crippen MR) is 61.0 cm³/mol. The highest BCUT2D eigenvalue weighted by Crippen LogP contribution is 2.24. The quantitative estimate of drug-likeness (QED) is 0.758. The molecule has 0 heterocycles. The Bertz CT molecular complexity index is 329. The van der Waals surface area contributed by atoms with Crippen molar-refractivity contribution in [3.8, 4) is 5.75 Å². The molecule has 1 atom stereocenters. The summed E-state index contributed by atoms with van der Waals surface area (Å²) >= 11 is 0. The molecule has 1 aromatic rings. The number of nitrogens with two attached hydrogens (primary N) is 1. The summed E-state index contributed by atoms with van der Waals surface area (Å²) in [5.41, 5.74) is 6.41. The van der Waals surface area contributed by atoms with Crippen molar-refractivity contribution in [3.63, 3.8) is 0 Å². The van der Waals surface area contributed by atoms with Gasteiger partial charge in [0.15, 0.2) is 0 Å². The van der Waals surface area contributed by atoms with Crippen LogP contribution in [0.3, 0.4) is 0 Å². The van der Waals surface area contributed by atoms with Gasteiger partial charge >= 0.3 is 0 Å². The van der Waals surface area contributed by atoms with Gasteiger partial charge in [-0.2, -0.15) is 0 Å². The highest BCUT2D eigenvalue weighted by atomic mass is 19.1. The highest BCUT2D eigenvalue weighted by Gasteiger charge is 2.09. The summed E-state index contributed by atoms with van der Waals surface area (Å²) < 4.78 is 23.6. The molecular weight excluding hydrogens is 209 g/mol. The summed E-state index contributed by atoms with van der Waals surface area (Å²) in [6.45, 7) is 5.34. The third-order valence-electron chi connectivity index (χ3n) is 2.15. The molecule has 1 unspecified atom stereocenters. The van der Waals surface area contributed by atoms with Gasteiger partial charge in [0.2, 0.25) is 0 Å². The van der Waals surface area contributed by atoms with Crippen molar-refractivity contribution in [2.45, 2.75) is 19.9 Å². The molecule has 0 saturated carbocycles. The predicted octanol–water partition coefficient (Wildman–Crippen LogP) is 2.26. The van der Waals surface area contributed by atoms with E-state index in [1.54, 1.807) is 13.0 Å². The van der Waals surface area contributed by atoms with E-state index in [1.807, 2.05) is 6.92 Å². The molecule has 0 radical (unpaired) electrons. The average Bonchev–Trinajstić information content (AvgIpc) is 2.26. The van der Waals surface area contributed by atoms with Crippen LogP contribution in [0.2, 0.25) is 0 Å². The Morgan fingerprint density at radius 3 is 2.75 bits per heavy atom. The molecule has 0 fully saturated rings. The van der Waals surface area contributed by atoms with E-state index in [9.17, 15) is 4.39 Å². The van der Waals surface area contributed by atoms with Crippen LogP contribution >= 0.6 is 0 Å². The van der Waals surface area contributed by atoms with E-state index in [0.717, 1.165) is 0 Å². The smallest absolute Gasteiger partial charge is 0.124 e. The largest absolute Gasteiger partial charge is 0.491 e. The maximum atomic E-state index is 13.0. The van der Waals surface area contributed by atoms with Crippen LogP contribution in [0.1, 0.15) is 25.5 Å². The molecule has 3 nitrogen and oxygen atoms in total. The van der Waals surface area contributed by atoms with Gasteiger partial charge in [-0.3, -0.25) is 0 Å². The van der Waals surface area contributed by atoms with Crippen LogP contribution in [0.15, 0.2) is 18.2 Å². The van der Waals surface area contributed by atoms with E-state index in [2.05, 4.69) is 0 Å². The molecular formula is C12H18FNO2. The molecule has 2 N–H and O–H groups in total. The Kier molecular flexibility index (Phi) is 5.22. The molecule has 0 aromatic heterocycles. The highest BCUT2D eigenvalue weighted by molar-refractivity contribution is 5.36. The van der Waals surface area contributed by atoms with Gasteiger partial charge < -0.3 is 15.2 Å². The van der Waals surface area contributed by atoms with E-state index < -0.39 is 0 Å². The Balaban J connectivity index is 2.64. The zero-order chi connectivity index (χ0) is 12.0. The van der Waals surface area contributed by atoms with Crippen molar-refractivity contribution >= 4 is 0 Å². The third kappa shape index (κ3) is 3.79. The van der Waals surface area contributed by atoms with Crippen LogP contribution in [0.5, 0.6) is 5.75 Å². The minimum absolute atomic E-state index is 0.252. The van der Waals surface area contributed by atoms with Crippen molar-refractivity contribution in [1.82, 2.24) is 0 Å². The number of benzene rings is 1. The molecule has 0 aliphatic heterocycles. The fourth-order valence-electron chi connectivity index (χ4n) is 1.36. The SMILES string of the molecule is CCOCCOc1ccc(F)cc1C(C)N. The van der Waals surface area contributed by atoms with E-state index in [0.29, 0.717) is 31.1 Å². The van der Waals surface area contributed by atoms with Crippen LogP contribution in [-0.2, 0) is 4.74 Å². The molecule has 0 amide bonds. The van der Waals surface area contributed by atoms with Crippen LogP contribution in [0.4, 0.5) is 4.39 Å². The lowest BCUT2D eigenvalue weighted by atomic mass is 10.1. The monoisotopic (exact) mass is 227 g/mol. The normalized spacial score (nSPS) is 12.5. The summed E-state index contributed by atoms with van der Waals surface area (Å²) in [4.78, 5) is 0. The number of hydrogen-bond acceptors (Lipinski definition) is 3. The van der Waals surface area contributed by atoms with Crippen molar-refractivity contribution in [2.75, 3.05) is 19.8 Å². The maximum Gasteiger partial charge on any atom is 0.124 e.